The minimum absolute atomic E-state index is 0.0905. The van der Waals surface area contributed by atoms with Crippen LogP contribution >= 0.6 is 23.1 Å². The van der Waals surface area contributed by atoms with Crippen LogP contribution in [-0.2, 0) is 4.79 Å². The third-order valence-corrected chi connectivity index (χ3v) is 7.28. The summed E-state index contributed by atoms with van der Waals surface area (Å²) >= 11 is 2.87. The Morgan fingerprint density at radius 3 is 2.44 bits per heavy atom. The molecule has 0 bridgehead atoms. The molecule has 0 saturated carbocycles. The number of aromatic nitrogens is 2. The minimum Gasteiger partial charge on any atom is -0.411 e. The summed E-state index contributed by atoms with van der Waals surface area (Å²) in [6.45, 7) is 8.24. The fourth-order valence-corrected chi connectivity index (χ4v) is 5.03. The largest absolute Gasteiger partial charge is 0.411 e. The average Bonchev–Trinajstić information content (AvgIpc) is 3.56. The quantitative estimate of drug-likeness (QED) is 0.276. The summed E-state index contributed by atoms with van der Waals surface area (Å²) in [5.41, 5.74) is 4.26. The molecule has 0 aliphatic rings. The van der Waals surface area contributed by atoms with Crippen molar-refractivity contribution in [3.8, 4) is 11.5 Å². The fraction of sp³-hybridized carbons (Fsp3) is 0.269. The van der Waals surface area contributed by atoms with Crippen molar-refractivity contribution < 1.29 is 9.21 Å². The van der Waals surface area contributed by atoms with Crippen molar-refractivity contribution >= 4 is 34.7 Å². The number of thioether (sulfide) groups is 1. The van der Waals surface area contributed by atoms with Crippen molar-refractivity contribution in [2.45, 2.75) is 32.0 Å². The number of nitrogens with one attached hydrogen (secondary N) is 1. The van der Waals surface area contributed by atoms with Crippen LogP contribution in [0.3, 0.4) is 0 Å². The maximum Gasteiger partial charge on any atom is 0.277 e. The van der Waals surface area contributed by atoms with Gasteiger partial charge in [0.05, 0.1) is 11.8 Å². The van der Waals surface area contributed by atoms with Crippen LogP contribution in [0.5, 0.6) is 0 Å². The molecule has 0 aliphatic carbocycles. The van der Waals surface area contributed by atoms with Crippen LogP contribution in [0.15, 0.2) is 75.7 Å². The summed E-state index contributed by atoms with van der Waals surface area (Å²) < 4.78 is 5.80. The van der Waals surface area contributed by atoms with E-state index >= 15 is 0 Å². The highest BCUT2D eigenvalue weighted by Gasteiger charge is 2.19. The molecule has 1 amide bonds. The van der Waals surface area contributed by atoms with Gasteiger partial charge in [0.15, 0.2) is 0 Å². The number of thiophene rings is 1. The highest BCUT2D eigenvalue weighted by molar-refractivity contribution is 7.99. The molecule has 1 atom stereocenters. The van der Waals surface area contributed by atoms with Gasteiger partial charge in [-0.1, -0.05) is 47.7 Å². The molecule has 0 fully saturated rings. The van der Waals surface area contributed by atoms with Gasteiger partial charge >= 0.3 is 0 Å². The Balaban J connectivity index is 1.38. The van der Waals surface area contributed by atoms with Crippen LogP contribution in [0.4, 0.5) is 5.69 Å². The van der Waals surface area contributed by atoms with Crippen LogP contribution in [0.25, 0.3) is 11.5 Å². The third kappa shape index (κ3) is 5.87. The van der Waals surface area contributed by atoms with E-state index in [4.69, 9.17) is 4.42 Å². The smallest absolute Gasteiger partial charge is 0.277 e. The maximum absolute atomic E-state index is 12.8. The van der Waals surface area contributed by atoms with E-state index in [1.807, 2.05) is 29.6 Å². The van der Waals surface area contributed by atoms with Crippen molar-refractivity contribution in [2.24, 2.45) is 0 Å². The number of rotatable bonds is 10. The Bertz CT molecular complexity index is 1180. The van der Waals surface area contributed by atoms with Crippen LogP contribution in [0.1, 0.15) is 35.9 Å². The number of anilines is 1. The van der Waals surface area contributed by atoms with E-state index in [9.17, 15) is 4.79 Å². The van der Waals surface area contributed by atoms with Gasteiger partial charge in [-0.05, 0) is 62.0 Å². The number of hydrogen-bond acceptors (Lipinski definition) is 7. The summed E-state index contributed by atoms with van der Waals surface area (Å²) in [5, 5.41) is 13.8. The first kappa shape index (κ1) is 24.0. The van der Waals surface area contributed by atoms with Gasteiger partial charge in [-0.3, -0.25) is 4.79 Å². The molecule has 6 nitrogen and oxygen atoms in total. The van der Waals surface area contributed by atoms with Crippen LogP contribution < -0.4 is 10.2 Å². The van der Waals surface area contributed by atoms with Crippen LogP contribution in [0, 0.1) is 6.92 Å². The molecule has 2 aromatic carbocycles. The van der Waals surface area contributed by atoms with Gasteiger partial charge in [-0.15, -0.1) is 21.5 Å². The molecular formula is C26H28N4O2S2. The lowest BCUT2D eigenvalue weighted by Crippen LogP contribution is -2.30. The van der Waals surface area contributed by atoms with Gasteiger partial charge in [0.25, 0.3) is 5.22 Å². The molecule has 0 radical (unpaired) electrons. The normalized spacial score (nSPS) is 11.9. The van der Waals surface area contributed by atoms with E-state index in [2.05, 4.69) is 77.6 Å². The van der Waals surface area contributed by atoms with Gasteiger partial charge < -0.3 is 14.6 Å². The number of nitrogens with zero attached hydrogens (tertiary/aromatic N) is 3. The van der Waals surface area contributed by atoms with Crippen molar-refractivity contribution in [3.63, 3.8) is 0 Å². The second kappa shape index (κ2) is 11.4. The van der Waals surface area contributed by atoms with E-state index < -0.39 is 0 Å². The Hall–Kier alpha value is -3.10. The van der Waals surface area contributed by atoms with Gasteiger partial charge in [-0.2, -0.15) is 0 Å². The summed E-state index contributed by atoms with van der Waals surface area (Å²) in [5.74, 6) is 0.549. The summed E-state index contributed by atoms with van der Waals surface area (Å²) in [7, 11) is 0. The van der Waals surface area contributed by atoms with Crippen molar-refractivity contribution in [2.75, 3.05) is 23.7 Å². The van der Waals surface area contributed by atoms with Gasteiger partial charge in [0.1, 0.15) is 0 Å². The minimum atomic E-state index is -0.184. The monoisotopic (exact) mass is 492 g/mol. The molecule has 1 unspecified atom stereocenters. The number of carbonyl (C=O) groups is 1. The van der Waals surface area contributed by atoms with Gasteiger partial charge in [-0.25, -0.2) is 0 Å². The second-order valence-corrected chi connectivity index (χ2v) is 9.71. The lowest BCUT2D eigenvalue weighted by atomic mass is 10.0. The summed E-state index contributed by atoms with van der Waals surface area (Å²) in [4.78, 5) is 16.1. The lowest BCUT2D eigenvalue weighted by Gasteiger charge is -2.20. The summed E-state index contributed by atoms with van der Waals surface area (Å²) in [6, 6.07) is 20.2. The van der Waals surface area contributed by atoms with Crippen molar-refractivity contribution in [1.29, 1.82) is 0 Å². The van der Waals surface area contributed by atoms with E-state index in [0.29, 0.717) is 11.1 Å². The van der Waals surface area contributed by atoms with Crippen molar-refractivity contribution in [1.82, 2.24) is 15.5 Å². The Morgan fingerprint density at radius 1 is 1.06 bits per heavy atom. The molecule has 176 valence electrons. The molecular weight excluding hydrogens is 464 g/mol. The second-order valence-electron chi connectivity index (χ2n) is 7.81. The number of benzene rings is 2. The molecule has 0 aliphatic heterocycles. The molecule has 2 heterocycles. The standard InChI is InChI=1S/C26H28N4O2S2/c1-4-30(5-2)21-14-12-20(13-15-21)25-28-29-26(32-25)34-17-23(31)27-24(22-7-6-16-33-22)19-10-8-18(3)9-11-19/h6-16,24H,4-5,17H2,1-3H3,(H,27,31). The van der Waals surface area contributed by atoms with Crippen LogP contribution in [-0.4, -0.2) is 34.9 Å². The van der Waals surface area contributed by atoms with Gasteiger partial charge in [0, 0.05) is 29.2 Å². The predicted molar refractivity (Wildman–Crippen MR) is 140 cm³/mol. The molecule has 4 rings (SSSR count). The number of carbonyl (C=O) groups excluding carboxylic acids is 1. The molecule has 4 aromatic rings. The Morgan fingerprint density at radius 2 is 1.79 bits per heavy atom. The zero-order valence-electron chi connectivity index (χ0n) is 19.5. The number of amides is 1. The lowest BCUT2D eigenvalue weighted by molar-refractivity contribution is -0.119. The maximum atomic E-state index is 12.8. The van der Waals surface area contributed by atoms with Crippen molar-refractivity contribution in [3.05, 3.63) is 82.0 Å². The SMILES string of the molecule is CCN(CC)c1ccc(-c2nnc(SCC(=O)NC(c3ccc(C)cc3)c3cccs3)o2)cc1. The highest BCUT2D eigenvalue weighted by Crippen LogP contribution is 2.28. The van der Waals surface area contributed by atoms with E-state index in [1.54, 1.807) is 11.3 Å². The molecule has 8 heteroatoms. The Kier molecular flexibility index (Phi) is 8.03. The molecule has 1 N–H and O–H groups in total. The first-order valence-corrected chi connectivity index (χ1v) is 13.1. The number of hydrogen-bond donors (Lipinski definition) is 1. The number of aryl methyl sites for hydroxylation is 1. The van der Waals surface area contributed by atoms with Gasteiger partial charge in [0.2, 0.25) is 11.8 Å². The first-order chi connectivity index (χ1) is 16.6. The van der Waals surface area contributed by atoms with E-state index in [1.165, 1.54) is 17.3 Å². The van der Waals surface area contributed by atoms with E-state index in [0.717, 1.165) is 34.8 Å². The predicted octanol–water partition coefficient (Wildman–Crippen LogP) is 5.95. The Labute approximate surface area is 208 Å². The molecule has 34 heavy (non-hydrogen) atoms. The molecule has 2 aromatic heterocycles. The fourth-order valence-electron chi connectivity index (χ4n) is 3.65. The molecule has 0 spiro atoms. The molecule has 0 saturated heterocycles. The average molecular weight is 493 g/mol. The van der Waals surface area contributed by atoms with E-state index in [-0.39, 0.29) is 17.7 Å². The first-order valence-electron chi connectivity index (χ1n) is 11.3. The zero-order chi connectivity index (χ0) is 23.9. The zero-order valence-corrected chi connectivity index (χ0v) is 21.2. The highest BCUT2D eigenvalue weighted by atomic mass is 32.2. The third-order valence-electron chi connectivity index (χ3n) is 5.52. The topological polar surface area (TPSA) is 71.3 Å². The van der Waals surface area contributed by atoms with Crippen LogP contribution in [0.2, 0.25) is 0 Å². The summed E-state index contributed by atoms with van der Waals surface area (Å²) in [6.07, 6.45) is 0.